The molecule has 0 aliphatic carbocycles. The van der Waals surface area contributed by atoms with Gasteiger partial charge in [0.25, 0.3) is 0 Å². The number of aromatic carboxylic acids is 1. The zero-order valence-corrected chi connectivity index (χ0v) is 13.4. The molecule has 1 atom stereocenters. The van der Waals surface area contributed by atoms with Gasteiger partial charge in [-0.25, -0.2) is 9.78 Å². The molecule has 3 N–H and O–H groups in total. The molecule has 2 fully saturated rings. The molecule has 1 aromatic rings. The minimum atomic E-state index is -1.11. The van der Waals surface area contributed by atoms with E-state index in [4.69, 9.17) is 16.7 Å². The number of carbonyl (C=O) groups excluding carboxylic acids is 1. The summed E-state index contributed by atoms with van der Waals surface area (Å²) in [5.41, 5.74) is -0.724. The highest BCUT2D eigenvalue weighted by atomic mass is 35.5. The molecular formula is C15H16ClN3O5. The van der Waals surface area contributed by atoms with Crippen LogP contribution in [0, 0.1) is 5.92 Å². The molecule has 2 saturated heterocycles. The van der Waals surface area contributed by atoms with E-state index in [2.05, 4.69) is 10.3 Å². The fourth-order valence-corrected chi connectivity index (χ4v) is 3.78. The van der Waals surface area contributed by atoms with Crippen LogP contribution in [0.25, 0.3) is 0 Å². The average molecular weight is 354 g/mol. The van der Waals surface area contributed by atoms with Crippen molar-refractivity contribution in [2.75, 3.05) is 18.0 Å². The summed E-state index contributed by atoms with van der Waals surface area (Å²) in [4.78, 5) is 40.0. The first-order valence-electron chi connectivity index (χ1n) is 7.50. The first-order chi connectivity index (χ1) is 11.3. The number of rotatable bonds is 3. The number of halogens is 1. The van der Waals surface area contributed by atoms with Crippen molar-refractivity contribution in [1.29, 1.82) is 0 Å². The zero-order chi connectivity index (χ0) is 17.5. The molecule has 9 heteroatoms. The van der Waals surface area contributed by atoms with E-state index < -0.39 is 23.4 Å². The number of anilines is 1. The standard InChI is InChI=1S/C15H16ClN3O5/c16-10-5-8(13(21)22)7-17-12(10)19-3-1-15(2-4-19)9(14(23)24)6-11(20)18-15/h5,7,9H,1-4,6H2,(H,18,20)(H,21,22)(H,23,24)/t9-/m0/s1. The highest BCUT2D eigenvalue weighted by molar-refractivity contribution is 6.33. The Morgan fingerprint density at radius 3 is 2.54 bits per heavy atom. The summed E-state index contributed by atoms with van der Waals surface area (Å²) in [5.74, 6) is -2.58. The summed E-state index contributed by atoms with van der Waals surface area (Å²) in [6.07, 6.45) is 2.18. The van der Waals surface area contributed by atoms with Gasteiger partial charge in [-0.05, 0) is 18.9 Å². The van der Waals surface area contributed by atoms with Crippen molar-refractivity contribution in [2.45, 2.75) is 24.8 Å². The first kappa shape index (κ1) is 16.5. The van der Waals surface area contributed by atoms with Crippen LogP contribution < -0.4 is 10.2 Å². The molecule has 0 saturated carbocycles. The van der Waals surface area contributed by atoms with Gasteiger partial charge in [0.1, 0.15) is 5.82 Å². The fourth-order valence-electron chi connectivity index (χ4n) is 3.49. The molecule has 1 aromatic heterocycles. The summed E-state index contributed by atoms with van der Waals surface area (Å²) < 4.78 is 0. The molecule has 3 rings (SSSR count). The summed E-state index contributed by atoms with van der Waals surface area (Å²) >= 11 is 6.13. The van der Waals surface area contributed by atoms with Crippen molar-refractivity contribution in [3.63, 3.8) is 0 Å². The highest BCUT2D eigenvalue weighted by Gasteiger charge is 2.51. The van der Waals surface area contributed by atoms with E-state index in [1.165, 1.54) is 12.3 Å². The Morgan fingerprint density at radius 1 is 1.33 bits per heavy atom. The van der Waals surface area contributed by atoms with Crippen LogP contribution >= 0.6 is 11.6 Å². The van der Waals surface area contributed by atoms with Crippen molar-refractivity contribution in [3.05, 3.63) is 22.8 Å². The molecule has 2 aliphatic heterocycles. The predicted molar refractivity (Wildman–Crippen MR) is 84.3 cm³/mol. The van der Waals surface area contributed by atoms with Crippen LogP contribution in [-0.4, -0.2) is 51.7 Å². The Hall–Kier alpha value is -2.35. The van der Waals surface area contributed by atoms with Gasteiger partial charge in [0.05, 0.1) is 22.0 Å². The largest absolute Gasteiger partial charge is 0.481 e. The molecular weight excluding hydrogens is 338 g/mol. The monoisotopic (exact) mass is 353 g/mol. The molecule has 0 unspecified atom stereocenters. The molecule has 24 heavy (non-hydrogen) atoms. The van der Waals surface area contributed by atoms with Crippen LogP contribution in [0.2, 0.25) is 5.02 Å². The molecule has 0 aromatic carbocycles. The molecule has 3 heterocycles. The summed E-state index contributed by atoms with van der Waals surface area (Å²) in [7, 11) is 0. The van der Waals surface area contributed by atoms with Gasteiger partial charge in [-0.2, -0.15) is 0 Å². The topological polar surface area (TPSA) is 120 Å². The molecule has 0 radical (unpaired) electrons. The first-order valence-corrected chi connectivity index (χ1v) is 7.88. The maximum Gasteiger partial charge on any atom is 0.337 e. The third kappa shape index (κ3) is 2.77. The van der Waals surface area contributed by atoms with Crippen LogP contribution in [0.4, 0.5) is 5.82 Å². The lowest BCUT2D eigenvalue weighted by Crippen LogP contribution is -2.55. The molecule has 1 amide bonds. The van der Waals surface area contributed by atoms with Gasteiger partial charge in [0.2, 0.25) is 5.91 Å². The van der Waals surface area contributed by atoms with E-state index in [-0.39, 0.29) is 22.9 Å². The number of carbonyl (C=O) groups is 3. The van der Waals surface area contributed by atoms with E-state index in [0.29, 0.717) is 31.7 Å². The second kappa shape index (κ2) is 5.94. The Kier molecular flexibility index (Phi) is 4.08. The van der Waals surface area contributed by atoms with Crippen LogP contribution in [0.5, 0.6) is 0 Å². The third-order valence-corrected chi connectivity index (χ3v) is 5.05. The van der Waals surface area contributed by atoms with Gasteiger partial charge < -0.3 is 20.4 Å². The summed E-state index contributed by atoms with van der Waals surface area (Å²) in [6.45, 7) is 0.951. The van der Waals surface area contributed by atoms with Crippen LogP contribution in [0.3, 0.4) is 0 Å². The number of nitrogens with zero attached hydrogens (tertiary/aromatic N) is 2. The smallest absolute Gasteiger partial charge is 0.337 e. The lowest BCUT2D eigenvalue weighted by Gasteiger charge is -2.42. The van der Waals surface area contributed by atoms with E-state index in [1.807, 2.05) is 4.90 Å². The quantitative estimate of drug-likeness (QED) is 0.741. The number of aliphatic carboxylic acids is 1. The molecule has 128 valence electrons. The Labute approximate surface area is 142 Å². The van der Waals surface area contributed by atoms with Crippen molar-refractivity contribution in [3.8, 4) is 0 Å². The lowest BCUT2D eigenvalue weighted by molar-refractivity contribution is -0.144. The number of piperidine rings is 1. The SMILES string of the molecule is O=C1C[C@@H](C(=O)O)C2(CCN(c3ncc(C(=O)O)cc3Cl)CC2)N1. The van der Waals surface area contributed by atoms with E-state index in [1.54, 1.807) is 0 Å². The van der Waals surface area contributed by atoms with Crippen LogP contribution in [0.15, 0.2) is 12.3 Å². The third-order valence-electron chi connectivity index (χ3n) is 4.77. The maximum absolute atomic E-state index is 11.7. The lowest BCUT2D eigenvalue weighted by atomic mass is 9.78. The minimum absolute atomic E-state index is 0.00163. The van der Waals surface area contributed by atoms with Crippen molar-refractivity contribution in [2.24, 2.45) is 5.92 Å². The van der Waals surface area contributed by atoms with Crippen molar-refractivity contribution in [1.82, 2.24) is 10.3 Å². The van der Waals surface area contributed by atoms with Gasteiger partial charge in [-0.3, -0.25) is 9.59 Å². The normalized spacial score (nSPS) is 22.5. The van der Waals surface area contributed by atoms with Gasteiger partial charge in [0, 0.05) is 25.7 Å². The number of hydrogen-bond donors (Lipinski definition) is 3. The van der Waals surface area contributed by atoms with Gasteiger partial charge >= 0.3 is 11.9 Å². The van der Waals surface area contributed by atoms with Crippen molar-refractivity contribution >= 4 is 35.3 Å². The number of aromatic nitrogens is 1. The maximum atomic E-state index is 11.7. The van der Waals surface area contributed by atoms with Gasteiger partial charge in [-0.1, -0.05) is 11.6 Å². The van der Waals surface area contributed by atoms with E-state index in [0.717, 1.165) is 0 Å². The molecule has 8 nitrogen and oxygen atoms in total. The van der Waals surface area contributed by atoms with Crippen LogP contribution in [0.1, 0.15) is 29.6 Å². The fraction of sp³-hybridized carbons (Fsp3) is 0.467. The second-order valence-electron chi connectivity index (χ2n) is 6.12. The van der Waals surface area contributed by atoms with E-state index >= 15 is 0 Å². The molecule has 0 bridgehead atoms. The summed E-state index contributed by atoms with van der Waals surface area (Å²) in [5, 5.41) is 21.4. The van der Waals surface area contributed by atoms with Gasteiger partial charge in [0.15, 0.2) is 0 Å². The predicted octanol–water partition coefficient (Wildman–Crippen LogP) is 0.993. The molecule has 1 spiro atoms. The van der Waals surface area contributed by atoms with E-state index in [9.17, 15) is 19.5 Å². The minimum Gasteiger partial charge on any atom is -0.481 e. The Bertz CT molecular complexity index is 715. The second-order valence-corrected chi connectivity index (χ2v) is 6.53. The summed E-state index contributed by atoms with van der Waals surface area (Å²) in [6, 6.07) is 1.34. The van der Waals surface area contributed by atoms with Crippen LogP contribution in [-0.2, 0) is 9.59 Å². The number of carboxylic acids is 2. The number of amides is 1. The zero-order valence-electron chi connectivity index (χ0n) is 12.7. The molecule has 2 aliphatic rings. The van der Waals surface area contributed by atoms with Gasteiger partial charge in [-0.15, -0.1) is 0 Å². The Balaban J connectivity index is 1.77. The number of hydrogen-bond acceptors (Lipinski definition) is 5. The highest BCUT2D eigenvalue weighted by Crippen LogP contribution is 2.38. The number of nitrogens with one attached hydrogen (secondary N) is 1. The number of pyridine rings is 1. The average Bonchev–Trinajstić information content (AvgIpc) is 2.85. The van der Waals surface area contributed by atoms with Crippen molar-refractivity contribution < 1.29 is 24.6 Å². The Morgan fingerprint density at radius 2 is 2.00 bits per heavy atom. The number of carboxylic acid groups (broad SMARTS) is 2.